The Bertz CT molecular complexity index is 996. The van der Waals surface area contributed by atoms with E-state index in [1.54, 1.807) is 6.08 Å². The van der Waals surface area contributed by atoms with Gasteiger partial charge >= 0.3 is 0 Å². The van der Waals surface area contributed by atoms with Crippen LogP contribution < -0.4 is 0 Å². The Morgan fingerprint density at radius 3 is 1.90 bits per heavy atom. The topological polar surface area (TPSA) is 23.6 Å². The van der Waals surface area contributed by atoms with Crippen LogP contribution in [-0.4, -0.2) is 41.9 Å². The summed E-state index contributed by atoms with van der Waals surface area (Å²) in [6.45, 7) is 7.41. The summed E-state index contributed by atoms with van der Waals surface area (Å²) in [5.74, 6) is 0.0915. The fraction of sp³-hybridized carbons (Fsp3) is 0.250. The maximum absolute atomic E-state index is 12.8. The van der Waals surface area contributed by atoms with Crippen molar-refractivity contribution in [1.29, 1.82) is 0 Å². The fourth-order valence-electron chi connectivity index (χ4n) is 4.23. The Morgan fingerprint density at radius 1 is 0.774 bits per heavy atom. The second kappa shape index (κ2) is 9.76. The van der Waals surface area contributed by atoms with E-state index < -0.39 is 0 Å². The molecule has 4 rings (SSSR count). The molecule has 0 aliphatic carbocycles. The lowest BCUT2D eigenvalue weighted by atomic mass is 9.96. The van der Waals surface area contributed by atoms with Crippen LogP contribution in [0.5, 0.6) is 0 Å². The predicted molar refractivity (Wildman–Crippen MR) is 128 cm³/mol. The minimum absolute atomic E-state index is 0.0915. The van der Waals surface area contributed by atoms with Crippen LogP contribution in [-0.2, 0) is 4.79 Å². The van der Waals surface area contributed by atoms with Gasteiger partial charge in [0.2, 0.25) is 5.91 Å². The second-order valence-electron chi connectivity index (χ2n) is 8.26. The van der Waals surface area contributed by atoms with E-state index in [0.717, 1.165) is 31.7 Å². The molecule has 0 unspecified atom stereocenters. The molecule has 1 amide bonds. The molecule has 1 fully saturated rings. The highest BCUT2D eigenvalue weighted by Crippen LogP contribution is 2.29. The number of amides is 1. The van der Waals surface area contributed by atoms with Gasteiger partial charge in [-0.25, -0.2) is 0 Å². The summed E-state index contributed by atoms with van der Waals surface area (Å²) in [4.78, 5) is 17.2. The van der Waals surface area contributed by atoms with Gasteiger partial charge in [0.1, 0.15) is 0 Å². The van der Waals surface area contributed by atoms with Gasteiger partial charge in [-0.2, -0.15) is 0 Å². The number of carbonyl (C=O) groups is 1. The minimum atomic E-state index is 0.0915. The monoisotopic (exact) mass is 410 g/mol. The number of benzene rings is 3. The zero-order chi connectivity index (χ0) is 21.6. The van der Waals surface area contributed by atoms with Crippen molar-refractivity contribution < 1.29 is 4.79 Å². The van der Waals surface area contributed by atoms with Crippen LogP contribution in [0.1, 0.15) is 33.9 Å². The molecule has 31 heavy (non-hydrogen) atoms. The van der Waals surface area contributed by atoms with Crippen LogP contribution in [0, 0.1) is 13.8 Å². The Labute approximate surface area is 185 Å². The number of piperazine rings is 1. The smallest absolute Gasteiger partial charge is 0.246 e. The Hall–Kier alpha value is -3.17. The van der Waals surface area contributed by atoms with Gasteiger partial charge in [-0.1, -0.05) is 78.9 Å². The lowest BCUT2D eigenvalue weighted by Gasteiger charge is -2.39. The van der Waals surface area contributed by atoms with E-state index in [-0.39, 0.29) is 11.9 Å². The van der Waals surface area contributed by atoms with E-state index in [1.807, 2.05) is 11.0 Å². The minimum Gasteiger partial charge on any atom is -0.337 e. The van der Waals surface area contributed by atoms with Crippen molar-refractivity contribution in [2.75, 3.05) is 26.2 Å². The first-order valence-electron chi connectivity index (χ1n) is 11.0. The lowest BCUT2D eigenvalue weighted by Crippen LogP contribution is -2.49. The third kappa shape index (κ3) is 5.12. The summed E-state index contributed by atoms with van der Waals surface area (Å²) in [7, 11) is 0. The van der Waals surface area contributed by atoms with Gasteiger partial charge in [-0.15, -0.1) is 0 Å². The average Bonchev–Trinajstić information content (AvgIpc) is 2.82. The van der Waals surface area contributed by atoms with Gasteiger partial charge in [0.15, 0.2) is 0 Å². The Morgan fingerprint density at radius 2 is 1.35 bits per heavy atom. The van der Waals surface area contributed by atoms with E-state index in [4.69, 9.17) is 0 Å². The molecule has 1 heterocycles. The van der Waals surface area contributed by atoms with Gasteiger partial charge < -0.3 is 4.90 Å². The number of rotatable bonds is 5. The summed E-state index contributed by atoms with van der Waals surface area (Å²) in [6.07, 6.45) is 3.64. The van der Waals surface area contributed by atoms with Crippen LogP contribution in [0.25, 0.3) is 6.08 Å². The summed E-state index contributed by atoms with van der Waals surface area (Å²) >= 11 is 0. The van der Waals surface area contributed by atoms with Crippen molar-refractivity contribution in [2.24, 2.45) is 0 Å². The molecule has 3 aromatic rings. The number of hydrogen-bond acceptors (Lipinski definition) is 2. The van der Waals surface area contributed by atoms with Gasteiger partial charge in [0, 0.05) is 32.3 Å². The molecule has 0 spiro atoms. The number of nitrogens with zero attached hydrogens (tertiary/aromatic N) is 2. The van der Waals surface area contributed by atoms with E-state index >= 15 is 0 Å². The maximum atomic E-state index is 12.8. The summed E-state index contributed by atoms with van der Waals surface area (Å²) in [5.41, 5.74) is 6.18. The number of aryl methyl sites for hydroxylation is 2. The van der Waals surface area contributed by atoms with Crippen LogP contribution in [0.2, 0.25) is 0 Å². The predicted octanol–water partition coefficient (Wildman–Crippen LogP) is 5.25. The van der Waals surface area contributed by atoms with E-state index in [1.165, 1.54) is 22.3 Å². The lowest BCUT2D eigenvalue weighted by molar-refractivity contribution is -0.127. The van der Waals surface area contributed by atoms with E-state index in [0.29, 0.717) is 0 Å². The van der Waals surface area contributed by atoms with Crippen molar-refractivity contribution in [3.63, 3.8) is 0 Å². The molecule has 0 saturated carbocycles. The van der Waals surface area contributed by atoms with Crippen molar-refractivity contribution >= 4 is 12.0 Å². The molecule has 3 nitrogen and oxygen atoms in total. The van der Waals surface area contributed by atoms with Crippen LogP contribution in [0.15, 0.2) is 84.9 Å². The molecule has 1 aliphatic rings. The molecule has 1 saturated heterocycles. The zero-order valence-electron chi connectivity index (χ0n) is 18.4. The highest BCUT2D eigenvalue weighted by molar-refractivity contribution is 5.91. The standard InChI is InChI=1S/C28H30N2O/c1-22-13-14-24(21-23(22)2)15-16-27(31)29-17-19-30(20-18-29)28(25-9-5-3-6-10-25)26-11-7-4-8-12-26/h3-16,21,28H,17-20H2,1-2H3/b16-15+. The average molecular weight is 411 g/mol. The highest BCUT2D eigenvalue weighted by Gasteiger charge is 2.27. The first-order chi connectivity index (χ1) is 15.1. The Kier molecular flexibility index (Phi) is 6.63. The molecular formula is C28H30N2O. The number of hydrogen-bond donors (Lipinski definition) is 0. The fourth-order valence-corrected chi connectivity index (χ4v) is 4.23. The summed E-state index contributed by atoms with van der Waals surface area (Å²) in [5, 5.41) is 0. The molecule has 1 aliphatic heterocycles. The van der Waals surface area contributed by atoms with Crippen molar-refractivity contribution in [3.05, 3.63) is 113 Å². The van der Waals surface area contributed by atoms with Crippen LogP contribution in [0.3, 0.4) is 0 Å². The van der Waals surface area contributed by atoms with Crippen LogP contribution >= 0.6 is 0 Å². The normalized spacial score (nSPS) is 15.0. The van der Waals surface area contributed by atoms with Crippen LogP contribution in [0.4, 0.5) is 0 Å². The van der Waals surface area contributed by atoms with Gasteiger partial charge in [0.25, 0.3) is 0 Å². The molecule has 0 N–H and O–H groups in total. The molecule has 0 bridgehead atoms. The highest BCUT2D eigenvalue weighted by atomic mass is 16.2. The van der Waals surface area contributed by atoms with Crippen molar-refractivity contribution in [3.8, 4) is 0 Å². The third-order valence-electron chi connectivity index (χ3n) is 6.17. The quantitative estimate of drug-likeness (QED) is 0.536. The first-order valence-corrected chi connectivity index (χ1v) is 11.0. The maximum Gasteiger partial charge on any atom is 0.246 e. The molecule has 3 heteroatoms. The molecule has 158 valence electrons. The first kappa shape index (κ1) is 21.1. The third-order valence-corrected chi connectivity index (χ3v) is 6.17. The Balaban J connectivity index is 1.43. The van der Waals surface area contributed by atoms with E-state index in [2.05, 4.69) is 97.6 Å². The van der Waals surface area contributed by atoms with Crippen molar-refractivity contribution in [2.45, 2.75) is 19.9 Å². The molecule has 0 aromatic heterocycles. The SMILES string of the molecule is Cc1ccc(/C=C/C(=O)N2CCN(C(c3ccccc3)c3ccccc3)CC2)cc1C. The second-order valence-corrected chi connectivity index (χ2v) is 8.26. The van der Waals surface area contributed by atoms with E-state index in [9.17, 15) is 4.79 Å². The summed E-state index contributed by atoms with van der Waals surface area (Å²) < 4.78 is 0. The van der Waals surface area contributed by atoms with Gasteiger partial charge in [-0.05, 0) is 47.7 Å². The molecular weight excluding hydrogens is 380 g/mol. The van der Waals surface area contributed by atoms with Crippen molar-refractivity contribution in [1.82, 2.24) is 9.80 Å². The van der Waals surface area contributed by atoms with Gasteiger partial charge in [-0.3, -0.25) is 9.69 Å². The molecule has 3 aromatic carbocycles. The van der Waals surface area contributed by atoms with Gasteiger partial charge in [0.05, 0.1) is 6.04 Å². The molecule has 0 atom stereocenters. The molecule has 0 radical (unpaired) electrons. The summed E-state index contributed by atoms with van der Waals surface area (Å²) in [6, 6.07) is 27.8. The number of carbonyl (C=O) groups excluding carboxylic acids is 1. The zero-order valence-corrected chi connectivity index (χ0v) is 18.4. The largest absolute Gasteiger partial charge is 0.337 e.